The SMILES string of the molecule is CS(=O)(=O)c1ccccc1NCC1(O)CCOCC1. The quantitative estimate of drug-likeness (QED) is 0.864. The highest BCUT2D eigenvalue weighted by atomic mass is 32.2. The number of benzene rings is 1. The summed E-state index contributed by atoms with van der Waals surface area (Å²) >= 11 is 0. The maximum Gasteiger partial charge on any atom is 0.177 e. The minimum Gasteiger partial charge on any atom is -0.388 e. The lowest BCUT2D eigenvalue weighted by molar-refractivity contribution is -0.0543. The summed E-state index contributed by atoms with van der Waals surface area (Å²) in [5.74, 6) is 0. The van der Waals surface area contributed by atoms with E-state index in [2.05, 4.69) is 5.32 Å². The number of hydrogen-bond donors (Lipinski definition) is 2. The summed E-state index contributed by atoms with van der Waals surface area (Å²) in [7, 11) is -3.28. The van der Waals surface area contributed by atoms with E-state index >= 15 is 0 Å². The number of para-hydroxylation sites is 1. The van der Waals surface area contributed by atoms with Gasteiger partial charge in [0.25, 0.3) is 0 Å². The van der Waals surface area contributed by atoms with Crippen molar-refractivity contribution in [1.82, 2.24) is 0 Å². The van der Waals surface area contributed by atoms with Crippen LogP contribution in [-0.4, -0.2) is 45.1 Å². The Morgan fingerprint density at radius 3 is 2.58 bits per heavy atom. The molecule has 5 nitrogen and oxygen atoms in total. The van der Waals surface area contributed by atoms with Crippen molar-refractivity contribution in [1.29, 1.82) is 0 Å². The lowest BCUT2D eigenvalue weighted by atomic mass is 9.94. The molecule has 1 aliphatic rings. The average Bonchev–Trinajstić information content (AvgIpc) is 2.37. The number of ether oxygens (including phenoxy) is 1. The molecule has 1 aromatic rings. The Balaban J connectivity index is 2.12. The van der Waals surface area contributed by atoms with Crippen molar-refractivity contribution in [2.45, 2.75) is 23.3 Å². The lowest BCUT2D eigenvalue weighted by Crippen LogP contribution is -2.42. The molecule has 1 aromatic carbocycles. The molecule has 0 bridgehead atoms. The first kappa shape index (κ1) is 14.3. The summed E-state index contributed by atoms with van der Waals surface area (Å²) in [6, 6.07) is 6.72. The van der Waals surface area contributed by atoms with Crippen molar-refractivity contribution in [3.63, 3.8) is 0 Å². The average molecular weight is 285 g/mol. The Labute approximate surface area is 113 Å². The van der Waals surface area contributed by atoms with Crippen molar-refractivity contribution in [3.8, 4) is 0 Å². The molecular formula is C13H19NO4S. The summed E-state index contributed by atoms with van der Waals surface area (Å²) in [6.07, 6.45) is 2.29. The molecule has 0 atom stereocenters. The molecule has 0 unspecified atom stereocenters. The van der Waals surface area contributed by atoms with E-state index < -0.39 is 15.4 Å². The molecule has 106 valence electrons. The van der Waals surface area contributed by atoms with Crippen LogP contribution in [0.3, 0.4) is 0 Å². The summed E-state index contributed by atoms with van der Waals surface area (Å²) in [5, 5.41) is 13.4. The molecular weight excluding hydrogens is 266 g/mol. The van der Waals surface area contributed by atoms with Gasteiger partial charge in [0.15, 0.2) is 9.84 Å². The second kappa shape index (κ2) is 5.48. The van der Waals surface area contributed by atoms with Crippen LogP contribution in [-0.2, 0) is 14.6 Å². The molecule has 1 saturated heterocycles. The zero-order valence-electron chi connectivity index (χ0n) is 10.9. The maximum atomic E-state index is 11.7. The standard InChI is InChI=1S/C13H19NO4S/c1-19(16,17)12-5-3-2-4-11(12)14-10-13(15)6-8-18-9-7-13/h2-5,14-15H,6-10H2,1H3. The van der Waals surface area contributed by atoms with Gasteiger partial charge in [0.2, 0.25) is 0 Å². The van der Waals surface area contributed by atoms with Crippen LogP contribution in [0.4, 0.5) is 5.69 Å². The Morgan fingerprint density at radius 2 is 1.95 bits per heavy atom. The number of anilines is 1. The van der Waals surface area contributed by atoms with E-state index in [0.717, 1.165) is 0 Å². The highest BCUT2D eigenvalue weighted by Crippen LogP contribution is 2.24. The second-order valence-corrected chi connectivity index (χ2v) is 6.94. The van der Waals surface area contributed by atoms with Gasteiger partial charge in [-0.3, -0.25) is 0 Å². The first-order chi connectivity index (χ1) is 8.91. The molecule has 1 heterocycles. The molecule has 1 fully saturated rings. The number of sulfone groups is 1. The van der Waals surface area contributed by atoms with Gasteiger partial charge in [0, 0.05) is 38.9 Å². The third-order valence-electron chi connectivity index (χ3n) is 3.32. The zero-order valence-corrected chi connectivity index (χ0v) is 11.7. The van der Waals surface area contributed by atoms with Gasteiger partial charge in [-0.1, -0.05) is 12.1 Å². The fraction of sp³-hybridized carbons (Fsp3) is 0.538. The number of aliphatic hydroxyl groups is 1. The van der Waals surface area contributed by atoms with Gasteiger partial charge < -0.3 is 15.2 Å². The highest BCUT2D eigenvalue weighted by Gasteiger charge is 2.29. The van der Waals surface area contributed by atoms with Crippen LogP contribution in [0.1, 0.15) is 12.8 Å². The minimum atomic E-state index is -3.28. The third kappa shape index (κ3) is 3.68. The lowest BCUT2D eigenvalue weighted by Gasteiger charge is -2.32. The molecule has 0 saturated carbocycles. The topological polar surface area (TPSA) is 75.6 Å². The van der Waals surface area contributed by atoms with Crippen LogP contribution in [0.25, 0.3) is 0 Å². The van der Waals surface area contributed by atoms with Gasteiger partial charge in [-0.25, -0.2) is 8.42 Å². The molecule has 2 rings (SSSR count). The van der Waals surface area contributed by atoms with Gasteiger partial charge in [-0.05, 0) is 12.1 Å². The first-order valence-corrected chi connectivity index (χ1v) is 8.13. The number of nitrogens with one attached hydrogen (secondary N) is 1. The second-order valence-electron chi connectivity index (χ2n) is 4.96. The molecule has 0 radical (unpaired) electrons. The molecule has 19 heavy (non-hydrogen) atoms. The Hall–Kier alpha value is -1.11. The van der Waals surface area contributed by atoms with Crippen molar-refractivity contribution >= 4 is 15.5 Å². The first-order valence-electron chi connectivity index (χ1n) is 6.24. The van der Waals surface area contributed by atoms with E-state index in [1.165, 1.54) is 6.26 Å². The number of hydrogen-bond acceptors (Lipinski definition) is 5. The van der Waals surface area contributed by atoms with Gasteiger partial charge in [0.05, 0.1) is 16.2 Å². The van der Waals surface area contributed by atoms with Crippen LogP contribution in [0.5, 0.6) is 0 Å². The van der Waals surface area contributed by atoms with E-state index in [1.807, 2.05) is 0 Å². The third-order valence-corrected chi connectivity index (χ3v) is 4.47. The van der Waals surface area contributed by atoms with Gasteiger partial charge >= 0.3 is 0 Å². The van der Waals surface area contributed by atoms with Gasteiger partial charge in [-0.2, -0.15) is 0 Å². The predicted molar refractivity (Wildman–Crippen MR) is 73.0 cm³/mol. The fourth-order valence-corrected chi connectivity index (χ4v) is 2.99. The molecule has 2 N–H and O–H groups in total. The van der Waals surface area contributed by atoms with Crippen LogP contribution in [0.15, 0.2) is 29.2 Å². The van der Waals surface area contributed by atoms with E-state index in [4.69, 9.17) is 4.74 Å². The van der Waals surface area contributed by atoms with Gasteiger partial charge in [0.1, 0.15) is 0 Å². The maximum absolute atomic E-state index is 11.7. The molecule has 6 heteroatoms. The summed E-state index contributed by atoms with van der Waals surface area (Å²) in [6.45, 7) is 1.39. The van der Waals surface area contributed by atoms with Crippen LogP contribution >= 0.6 is 0 Å². The van der Waals surface area contributed by atoms with Crippen molar-refractivity contribution in [2.24, 2.45) is 0 Å². The van der Waals surface area contributed by atoms with E-state index in [-0.39, 0.29) is 4.90 Å². The Bertz CT molecular complexity index is 535. The molecule has 0 spiro atoms. The van der Waals surface area contributed by atoms with E-state index in [0.29, 0.717) is 38.3 Å². The molecule has 0 aromatic heterocycles. The van der Waals surface area contributed by atoms with Crippen LogP contribution < -0.4 is 5.32 Å². The summed E-state index contributed by atoms with van der Waals surface area (Å²) in [4.78, 5) is 0.255. The smallest absolute Gasteiger partial charge is 0.177 e. The summed E-state index contributed by atoms with van der Waals surface area (Å²) in [5.41, 5.74) is -0.298. The van der Waals surface area contributed by atoms with Crippen LogP contribution in [0.2, 0.25) is 0 Å². The van der Waals surface area contributed by atoms with Crippen molar-refractivity contribution in [2.75, 3.05) is 31.3 Å². The normalized spacial score (nSPS) is 19.1. The Morgan fingerprint density at radius 1 is 1.32 bits per heavy atom. The van der Waals surface area contributed by atoms with E-state index in [1.54, 1.807) is 24.3 Å². The number of rotatable bonds is 4. The van der Waals surface area contributed by atoms with Crippen molar-refractivity contribution < 1.29 is 18.3 Å². The summed E-state index contributed by atoms with van der Waals surface area (Å²) < 4.78 is 28.5. The van der Waals surface area contributed by atoms with E-state index in [9.17, 15) is 13.5 Å². The van der Waals surface area contributed by atoms with Crippen molar-refractivity contribution in [3.05, 3.63) is 24.3 Å². The molecule has 0 aliphatic carbocycles. The van der Waals surface area contributed by atoms with Gasteiger partial charge in [-0.15, -0.1) is 0 Å². The van der Waals surface area contributed by atoms with Crippen LogP contribution in [0, 0.1) is 0 Å². The predicted octanol–water partition coefficient (Wildman–Crippen LogP) is 1.04. The minimum absolute atomic E-state index is 0.255. The fourth-order valence-electron chi connectivity index (χ4n) is 2.12. The highest BCUT2D eigenvalue weighted by molar-refractivity contribution is 7.90. The zero-order chi connectivity index (χ0) is 13.9. The Kier molecular flexibility index (Phi) is 4.13. The largest absolute Gasteiger partial charge is 0.388 e. The molecule has 0 amide bonds. The monoisotopic (exact) mass is 285 g/mol. The molecule has 1 aliphatic heterocycles.